The molecule has 0 unspecified atom stereocenters. The maximum atomic E-state index is 11.7. The summed E-state index contributed by atoms with van der Waals surface area (Å²) < 4.78 is 4.93. The maximum absolute atomic E-state index is 11.7. The molecule has 1 heterocycles. The molecule has 0 saturated heterocycles. The minimum atomic E-state index is -0.312. The van der Waals surface area contributed by atoms with Crippen LogP contribution in [-0.4, -0.2) is 30.5 Å². The van der Waals surface area contributed by atoms with E-state index in [2.05, 4.69) is 15.6 Å². The number of ether oxygens (including phenoxy) is 1. The summed E-state index contributed by atoms with van der Waals surface area (Å²) in [7, 11) is 1.52. The highest BCUT2D eigenvalue weighted by Gasteiger charge is 2.07. The first-order valence-electron chi connectivity index (χ1n) is 6.78. The predicted octanol–water partition coefficient (Wildman–Crippen LogP) is 1.39. The van der Waals surface area contributed by atoms with E-state index in [-0.39, 0.29) is 24.8 Å². The van der Waals surface area contributed by atoms with Crippen molar-refractivity contribution in [3.63, 3.8) is 0 Å². The van der Waals surface area contributed by atoms with Crippen molar-refractivity contribution in [3.8, 4) is 5.88 Å². The van der Waals surface area contributed by atoms with E-state index in [1.54, 1.807) is 12.1 Å². The Labute approximate surface area is 128 Å². The van der Waals surface area contributed by atoms with Crippen molar-refractivity contribution in [3.05, 3.63) is 54.2 Å². The van der Waals surface area contributed by atoms with Crippen molar-refractivity contribution >= 4 is 17.5 Å². The molecule has 0 saturated carbocycles. The van der Waals surface area contributed by atoms with Crippen LogP contribution < -0.4 is 15.4 Å². The topological polar surface area (TPSA) is 80.3 Å². The lowest BCUT2D eigenvalue weighted by atomic mass is 10.1. The van der Waals surface area contributed by atoms with E-state index in [1.807, 2.05) is 30.3 Å². The summed E-state index contributed by atoms with van der Waals surface area (Å²) >= 11 is 0. The molecule has 6 nitrogen and oxygen atoms in total. The van der Waals surface area contributed by atoms with Crippen LogP contribution in [0.15, 0.2) is 48.7 Å². The molecule has 6 heteroatoms. The number of pyridine rings is 1. The van der Waals surface area contributed by atoms with Gasteiger partial charge >= 0.3 is 0 Å². The number of carbonyl (C=O) groups excluding carboxylic acids is 2. The molecule has 1 aromatic carbocycles. The van der Waals surface area contributed by atoms with Gasteiger partial charge < -0.3 is 15.4 Å². The van der Waals surface area contributed by atoms with Crippen molar-refractivity contribution in [2.24, 2.45) is 0 Å². The third-order valence-corrected chi connectivity index (χ3v) is 2.88. The smallest absolute Gasteiger partial charge is 0.243 e. The Morgan fingerprint density at radius 2 is 1.86 bits per heavy atom. The van der Waals surface area contributed by atoms with Gasteiger partial charge in [-0.05, 0) is 11.6 Å². The summed E-state index contributed by atoms with van der Waals surface area (Å²) in [5.74, 6) is -0.0447. The first kappa shape index (κ1) is 15.5. The summed E-state index contributed by atoms with van der Waals surface area (Å²) in [5, 5.41) is 5.22. The van der Waals surface area contributed by atoms with Crippen molar-refractivity contribution in [1.29, 1.82) is 0 Å². The molecule has 0 atom stereocenters. The number of aromatic nitrogens is 1. The molecule has 2 amide bonds. The van der Waals surface area contributed by atoms with Crippen LogP contribution in [0.2, 0.25) is 0 Å². The van der Waals surface area contributed by atoms with Crippen molar-refractivity contribution < 1.29 is 14.3 Å². The van der Waals surface area contributed by atoms with Crippen LogP contribution in [0.25, 0.3) is 0 Å². The monoisotopic (exact) mass is 299 g/mol. The normalized spacial score (nSPS) is 9.86. The van der Waals surface area contributed by atoms with E-state index in [4.69, 9.17) is 4.74 Å². The number of nitrogens with zero attached hydrogens (tertiary/aromatic N) is 1. The zero-order valence-electron chi connectivity index (χ0n) is 12.2. The fourth-order valence-electron chi connectivity index (χ4n) is 1.80. The lowest BCUT2D eigenvalue weighted by Crippen LogP contribution is -2.33. The predicted molar refractivity (Wildman–Crippen MR) is 82.6 cm³/mol. The first-order chi connectivity index (χ1) is 10.7. The van der Waals surface area contributed by atoms with Crippen LogP contribution in [0, 0.1) is 0 Å². The molecule has 0 fully saturated rings. The summed E-state index contributed by atoms with van der Waals surface area (Å²) in [6.45, 7) is -0.0856. The Balaban J connectivity index is 1.76. The highest BCUT2D eigenvalue weighted by Crippen LogP contribution is 2.10. The molecule has 0 aliphatic rings. The van der Waals surface area contributed by atoms with Crippen LogP contribution in [0.3, 0.4) is 0 Å². The van der Waals surface area contributed by atoms with Gasteiger partial charge in [-0.2, -0.15) is 0 Å². The molecular weight excluding hydrogens is 282 g/mol. The van der Waals surface area contributed by atoms with Gasteiger partial charge in [0.15, 0.2) is 0 Å². The average molecular weight is 299 g/mol. The van der Waals surface area contributed by atoms with E-state index in [9.17, 15) is 9.59 Å². The van der Waals surface area contributed by atoms with Gasteiger partial charge in [-0.25, -0.2) is 4.98 Å². The summed E-state index contributed by atoms with van der Waals surface area (Å²) in [4.78, 5) is 27.4. The SMILES string of the molecule is COc1ccc(NC(=O)CNC(=O)Cc2ccccc2)cn1. The Bertz CT molecular complexity index is 627. The molecule has 0 radical (unpaired) electrons. The number of methoxy groups -OCH3 is 1. The minimum absolute atomic E-state index is 0.0856. The summed E-state index contributed by atoms with van der Waals surface area (Å²) in [5.41, 5.74) is 1.45. The van der Waals surface area contributed by atoms with Crippen LogP contribution in [0.4, 0.5) is 5.69 Å². The standard InChI is InChI=1S/C16H17N3O3/c1-22-16-8-7-13(10-18-16)19-15(21)11-17-14(20)9-12-5-3-2-4-6-12/h2-8,10H,9,11H2,1H3,(H,17,20)(H,19,21). The van der Waals surface area contributed by atoms with Gasteiger partial charge in [0.1, 0.15) is 0 Å². The Hall–Kier alpha value is -2.89. The highest BCUT2D eigenvalue weighted by molar-refractivity contribution is 5.94. The lowest BCUT2D eigenvalue weighted by molar-refractivity contribution is -0.123. The van der Waals surface area contributed by atoms with Gasteiger partial charge in [-0.15, -0.1) is 0 Å². The molecule has 0 spiro atoms. The number of anilines is 1. The number of hydrogen-bond acceptors (Lipinski definition) is 4. The fourth-order valence-corrected chi connectivity index (χ4v) is 1.80. The zero-order chi connectivity index (χ0) is 15.8. The molecule has 2 aromatic rings. The van der Waals surface area contributed by atoms with Gasteiger partial charge in [0, 0.05) is 6.07 Å². The Morgan fingerprint density at radius 1 is 1.09 bits per heavy atom. The Morgan fingerprint density at radius 3 is 2.50 bits per heavy atom. The van der Waals surface area contributed by atoms with E-state index < -0.39 is 0 Å². The molecule has 1 aromatic heterocycles. The van der Waals surface area contributed by atoms with Crippen LogP contribution in [0.1, 0.15) is 5.56 Å². The second-order valence-electron chi connectivity index (χ2n) is 4.58. The quantitative estimate of drug-likeness (QED) is 0.844. The third kappa shape index (κ3) is 4.90. The number of hydrogen-bond donors (Lipinski definition) is 2. The largest absolute Gasteiger partial charge is 0.481 e. The molecule has 0 aliphatic carbocycles. The lowest BCUT2D eigenvalue weighted by Gasteiger charge is -2.07. The van der Waals surface area contributed by atoms with Crippen molar-refractivity contribution in [2.75, 3.05) is 19.0 Å². The molecule has 114 valence electrons. The zero-order valence-corrected chi connectivity index (χ0v) is 12.2. The van der Waals surface area contributed by atoms with Crippen LogP contribution >= 0.6 is 0 Å². The van der Waals surface area contributed by atoms with Gasteiger partial charge in [-0.1, -0.05) is 30.3 Å². The Kier molecular flexibility index (Phi) is 5.48. The van der Waals surface area contributed by atoms with Gasteiger partial charge in [0.05, 0.1) is 32.0 Å². The van der Waals surface area contributed by atoms with E-state index in [0.717, 1.165) is 5.56 Å². The number of rotatable bonds is 6. The van der Waals surface area contributed by atoms with Gasteiger partial charge in [0.2, 0.25) is 17.7 Å². The molecule has 0 bridgehead atoms. The number of benzene rings is 1. The molecular formula is C16H17N3O3. The second kappa shape index (κ2) is 7.78. The number of nitrogens with one attached hydrogen (secondary N) is 2. The van der Waals surface area contributed by atoms with E-state index in [0.29, 0.717) is 11.6 Å². The average Bonchev–Trinajstić information content (AvgIpc) is 2.55. The fraction of sp³-hybridized carbons (Fsp3) is 0.188. The molecule has 2 rings (SSSR count). The maximum Gasteiger partial charge on any atom is 0.243 e. The third-order valence-electron chi connectivity index (χ3n) is 2.88. The first-order valence-corrected chi connectivity index (χ1v) is 6.78. The van der Waals surface area contributed by atoms with Crippen LogP contribution in [0.5, 0.6) is 5.88 Å². The molecule has 22 heavy (non-hydrogen) atoms. The van der Waals surface area contributed by atoms with E-state index in [1.165, 1.54) is 13.3 Å². The molecule has 0 aliphatic heterocycles. The van der Waals surface area contributed by atoms with Gasteiger partial charge in [-0.3, -0.25) is 9.59 Å². The number of carbonyl (C=O) groups is 2. The van der Waals surface area contributed by atoms with Gasteiger partial charge in [0.25, 0.3) is 0 Å². The summed E-state index contributed by atoms with van der Waals surface area (Å²) in [6.07, 6.45) is 1.74. The second-order valence-corrected chi connectivity index (χ2v) is 4.58. The van der Waals surface area contributed by atoms with E-state index >= 15 is 0 Å². The highest BCUT2D eigenvalue weighted by atomic mass is 16.5. The number of amides is 2. The summed E-state index contributed by atoms with van der Waals surface area (Å²) in [6, 6.07) is 12.7. The van der Waals surface area contributed by atoms with Crippen molar-refractivity contribution in [1.82, 2.24) is 10.3 Å². The minimum Gasteiger partial charge on any atom is -0.481 e. The van der Waals surface area contributed by atoms with Crippen LogP contribution in [-0.2, 0) is 16.0 Å². The van der Waals surface area contributed by atoms with Crippen molar-refractivity contribution in [2.45, 2.75) is 6.42 Å². The molecule has 2 N–H and O–H groups in total.